The van der Waals surface area contributed by atoms with Gasteiger partial charge in [-0.05, 0) is 60.2 Å². The number of benzene rings is 3. The Morgan fingerprint density at radius 3 is 2.58 bits per heavy atom. The topological polar surface area (TPSA) is 84.9 Å². The molecule has 3 aromatic rings. The molecule has 3 amide bonds. The van der Waals surface area contributed by atoms with Crippen molar-refractivity contribution in [3.63, 3.8) is 0 Å². The van der Waals surface area contributed by atoms with E-state index in [4.69, 9.17) is 21.1 Å². The zero-order valence-corrected chi connectivity index (χ0v) is 21.2. The number of nitrogens with zero attached hydrogens (tertiary/aromatic N) is 1. The molecule has 0 bridgehead atoms. The molecule has 0 spiro atoms. The number of ether oxygens (including phenoxy) is 2. The van der Waals surface area contributed by atoms with Gasteiger partial charge in [0.05, 0.1) is 23.6 Å². The van der Waals surface area contributed by atoms with Gasteiger partial charge in [-0.15, -0.1) is 0 Å². The van der Waals surface area contributed by atoms with Gasteiger partial charge in [0.25, 0.3) is 17.1 Å². The predicted molar refractivity (Wildman–Crippen MR) is 141 cm³/mol. The molecule has 7 nitrogen and oxygen atoms in total. The van der Waals surface area contributed by atoms with E-state index in [1.807, 2.05) is 49.4 Å². The maximum Gasteiger partial charge on any atom is 0.293 e. The number of methoxy groups -OCH3 is 1. The Balaban J connectivity index is 1.47. The van der Waals surface area contributed by atoms with Gasteiger partial charge in [-0.2, -0.15) is 0 Å². The third-order valence-electron chi connectivity index (χ3n) is 5.25. The van der Waals surface area contributed by atoms with Gasteiger partial charge in [-0.3, -0.25) is 19.3 Å². The molecule has 0 aliphatic carbocycles. The Bertz CT molecular complexity index is 1340. The van der Waals surface area contributed by atoms with Crippen molar-refractivity contribution in [2.45, 2.75) is 13.5 Å². The molecule has 184 valence electrons. The number of nitrogens with one attached hydrogen (secondary N) is 1. The largest absolute Gasteiger partial charge is 0.493 e. The van der Waals surface area contributed by atoms with Crippen LogP contribution in [0.4, 0.5) is 10.5 Å². The van der Waals surface area contributed by atoms with Crippen LogP contribution in [0.5, 0.6) is 11.5 Å². The molecule has 4 rings (SSSR count). The van der Waals surface area contributed by atoms with E-state index in [1.165, 1.54) is 12.0 Å². The number of amides is 3. The summed E-state index contributed by atoms with van der Waals surface area (Å²) >= 11 is 7.29. The van der Waals surface area contributed by atoms with Crippen LogP contribution in [-0.4, -0.2) is 35.7 Å². The first kappa shape index (κ1) is 25.3. The lowest BCUT2D eigenvalue weighted by Gasteiger charge is -2.14. The highest BCUT2D eigenvalue weighted by Gasteiger charge is 2.35. The van der Waals surface area contributed by atoms with Crippen LogP contribution in [0.15, 0.2) is 71.6 Å². The Hall–Kier alpha value is -3.75. The number of thioether (sulfide) groups is 1. The Labute approximate surface area is 218 Å². The van der Waals surface area contributed by atoms with Gasteiger partial charge >= 0.3 is 0 Å². The number of hydrogen-bond donors (Lipinski definition) is 1. The third-order valence-corrected chi connectivity index (χ3v) is 6.44. The fourth-order valence-electron chi connectivity index (χ4n) is 3.60. The van der Waals surface area contributed by atoms with Crippen LogP contribution < -0.4 is 14.8 Å². The summed E-state index contributed by atoms with van der Waals surface area (Å²) in [5.41, 5.74) is 3.13. The van der Waals surface area contributed by atoms with Crippen molar-refractivity contribution in [2.75, 3.05) is 19.0 Å². The van der Waals surface area contributed by atoms with Gasteiger partial charge in [0.15, 0.2) is 18.1 Å². The molecular formula is C27H23ClN2O5S. The minimum Gasteiger partial charge on any atom is -0.493 e. The number of carbonyl (C=O) groups excluding carboxylic acids is 3. The molecule has 9 heteroatoms. The minimum absolute atomic E-state index is 0.200. The number of anilines is 1. The van der Waals surface area contributed by atoms with Crippen molar-refractivity contribution in [1.82, 2.24) is 4.90 Å². The standard InChI is InChI=1S/C27H23ClN2O5S/c1-17-7-6-8-18(11-17)15-30-26(32)23(36-27(30)33)14-19-12-21(28)25(22(13-19)34-2)35-16-24(31)29-20-9-4-3-5-10-20/h3-14H,15-16H2,1-2H3,(H,29,31)/b23-14-. The van der Waals surface area contributed by atoms with Crippen LogP contribution in [-0.2, 0) is 16.1 Å². The number of hydrogen-bond acceptors (Lipinski definition) is 6. The summed E-state index contributed by atoms with van der Waals surface area (Å²) in [6, 6.07) is 19.9. The molecular weight excluding hydrogens is 500 g/mol. The van der Waals surface area contributed by atoms with E-state index in [9.17, 15) is 14.4 Å². The van der Waals surface area contributed by atoms with Gasteiger partial charge in [0, 0.05) is 5.69 Å². The highest BCUT2D eigenvalue weighted by atomic mass is 35.5. The zero-order valence-electron chi connectivity index (χ0n) is 19.6. The fraction of sp³-hybridized carbons (Fsp3) is 0.148. The quantitative estimate of drug-likeness (QED) is 0.370. The second-order valence-electron chi connectivity index (χ2n) is 7.99. The maximum atomic E-state index is 12.9. The first-order chi connectivity index (χ1) is 17.3. The number of imide groups is 1. The Morgan fingerprint density at radius 2 is 1.86 bits per heavy atom. The molecule has 0 radical (unpaired) electrons. The first-order valence-corrected chi connectivity index (χ1v) is 12.2. The number of para-hydroxylation sites is 1. The van der Waals surface area contributed by atoms with Crippen molar-refractivity contribution < 1.29 is 23.9 Å². The van der Waals surface area contributed by atoms with Crippen molar-refractivity contribution in [1.29, 1.82) is 0 Å². The van der Waals surface area contributed by atoms with Gasteiger partial charge in [0.2, 0.25) is 0 Å². The molecule has 1 aliphatic heterocycles. The summed E-state index contributed by atoms with van der Waals surface area (Å²) in [4.78, 5) is 39.2. The number of carbonyl (C=O) groups is 3. The molecule has 1 aliphatic rings. The lowest BCUT2D eigenvalue weighted by molar-refractivity contribution is -0.123. The van der Waals surface area contributed by atoms with E-state index in [2.05, 4.69) is 5.32 Å². The summed E-state index contributed by atoms with van der Waals surface area (Å²) in [5.74, 6) is -0.238. The van der Waals surface area contributed by atoms with Crippen LogP contribution in [0, 0.1) is 6.92 Å². The third kappa shape index (κ3) is 6.08. The van der Waals surface area contributed by atoms with Crippen molar-refractivity contribution >= 4 is 52.2 Å². The molecule has 0 unspecified atom stereocenters. The summed E-state index contributed by atoms with van der Waals surface area (Å²) in [7, 11) is 1.45. The van der Waals surface area contributed by atoms with Crippen LogP contribution >= 0.6 is 23.4 Å². The van der Waals surface area contributed by atoms with Crippen molar-refractivity contribution in [2.24, 2.45) is 0 Å². The lowest BCUT2D eigenvalue weighted by Crippen LogP contribution is -2.27. The fourth-order valence-corrected chi connectivity index (χ4v) is 4.71. The molecule has 3 aromatic carbocycles. The van der Waals surface area contributed by atoms with Crippen LogP contribution in [0.1, 0.15) is 16.7 Å². The molecule has 0 saturated carbocycles. The maximum absolute atomic E-state index is 12.9. The minimum atomic E-state index is -0.375. The highest BCUT2D eigenvalue weighted by Crippen LogP contribution is 2.39. The van der Waals surface area contributed by atoms with Crippen molar-refractivity contribution in [3.8, 4) is 11.5 Å². The summed E-state index contributed by atoms with van der Waals surface area (Å²) in [6.45, 7) is 1.88. The van der Waals surface area contributed by atoms with Gasteiger partial charge in [0.1, 0.15) is 0 Å². The highest BCUT2D eigenvalue weighted by molar-refractivity contribution is 8.18. The van der Waals surface area contributed by atoms with Gasteiger partial charge < -0.3 is 14.8 Å². The Kier molecular flexibility index (Phi) is 7.97. The second-order valence-corrected chi connectivity index (χ2v) is 9.39. The predicted octanol–water partition coefficient (Wildman–Crippen LogP) is 5.91. The Morgan fingerprint density at radius 1 is 1.08 bits per heavy atom. The number of aryl methyl sites for hydroxylation is 1. The molecule has 1 saturated heterocycles. The number of rotatable bonds is 8. The monoisotopic (exact) mass is 522 g/mol. The molecule has 1 fully saturated rings. The summed E-state index contributed by atoms with van der Waals surface area (Å²) < 4.78 is 11.0. The van der Waals surface area contributed by atoms with Crippen LogP contribution in [0.25, 0.3) is 6.08 Å². The van der Waals surface area contributed by atoms with E-state index in [0.717, 1.165) is 22.9 Å². The van der Waals surface area contributed by atoms with E-state index in [-0.39, 0.29) is 45.9 Å². The first-order valence-electron chi connectivity index (χ1n) is 11.0. The van der Waals surface area contributed by atoms with E-state index >= 15 is 0 Å². The molecule has 36 heavy (non-hydrogen) atoms. The summed E-state index contributed by atoms with van der Waals surface area (Å²) in [5, 5.41) is 2.59. The molecule has 0 atom stereocenters. The van der Waals surface area contributed by atoms with Crippen LogP contribution in [0.3, 0.4) is 0 Å². The summed E-state index contributed by atoms with van der Waals surface area (Å²) in [6.07, 6.45) is 1.58. The molecule has 0 aromatic heterocycles. The average Bonchev–Trinajstić information content (AvgIpc) is 3.11. The second kappa shape index (κ2) is 11.3. The zero-order chi connectivity index (χ0) is 25.7. The normalized spacial score (nSPS) is 14.3. The smallest absolute Gasteiger partial charge is 0.293 e. The SMILES string of the molecule is COc1cc(/C=C2\SC(=O)N(Cc3cccc(C)c3)C2=O)cc(Cl)c1OCC(=O)Nc1ccccc1. The van der Waals surface area contributed by atoms with Crippen LogP contribution in [0.2, 0.25) is 5.02 Å². The lowest BCUT2D eigenvalue weighted by atomic mass is 10.1. The van der Waals surface area contributed by atoms with E-state index < -0.39 is 0 Å². The molecule has 1 N–H and O–H groups in total. The van der Waals surface area contributed by atoms with E-state index in [1.54, 1.807) is 30.3 Å². The van der Waals surface area contributed by atoms with Crippen molar-refractivity contribution in [3.05, 3.63) is 93.3 Å². The van der Waals surface area contributed by atoms with Gasteiger partial charge in [-0.25, -0.2) is 0 Å². The average molecular weight is 523 g/mol. The van der Waals surface area contributed by atoms with Gasteiger partial charge in [-0.1, -0.05) is 59.6 Å². The van der Waals surface area contributed by atoms with E-state index in [0.29, 0.717) is 17.0 Å². The number of halogens is 1. The molecule has 1 heterocycles.